The fourth-order valence-electron chi connectivity index (χ4n) is 3.73. The number of hydrogen-bond acceptors (Lipinski definition) is 3. The SMILES string of the molecule is COC(=O)c1ccccc1CC[C@H](I)c1cccc(C=Cc2ccc3ccc(Cl)cc3n2)c1. The summed E-state index contributed by atoms with van der Waals surface area (Å²) in [6, 6.07) is 26.0. The van der Waals surface area contributed by atoms with Crippen molar-refractivity contribution < 1.29 is 9.53 Å². The lowest BCUT2D eigenvalue weighted by Gasteiger charge is -2.13. The smallest absolute Gasteiger partial charge is 0.338 e. The third kappa shape index (κ3) is 6.01. The molecule has 4 rings (SSSR count). The van der Waals surface area contributed by atoms with Gasteiger partial charge in [0.2, 0.25) is 0 Å². The Labute approximate surface area is 212 Å². The number of halogens is 2. The number of carbonyl (C=O) groups is 1. The van der Waals surface area contributed by atoms with Gasteiger partial charge in [0.25, 0.3) is 0 Å². The molecule has 1 atom stereocenters. The summed E-state index contributed by atoms with van der Waals surface area (Å²) >= 11 is 8.58. The second-order valence-electron chi connectivity index (χ2n) is 7.73. The van der Waals surface area contributed by atoms with Crippen LogP contribution in [0.25, 0.3) is 23.1 Å². The highest BCUT2D eigenvalue weighted by Gasteiger charge is 2.13. The molecule has 0 aliphatic heterocycles. The fourth-order valence-corrected chi connectivity index (χ4v) is 4.60. The molecule has 4 aromatic rings. The monoisotopic (exact) mass is 567 g/mol. The number of esters is 1. The number of nitrogens with zero attached hydrogens (tertiary/aromatic N) is 1. The van der Waals surface area contributed by atoms with E-state index in [0.717, 1.165) is 40.6 Å². The molecule has 5 heteroatoms. The second kappa shape index (κ2) is 10.9. The van der Waals surface area contributed by atoms with Crippen molar-refractivity contribution in [3.63, 3.8) is 0 Å². The van der Waals surface area contributed by atoms with Gasteiger partial charge < -0.3 is 4.74 Å². The molecule has 1 aromatic heterocycles. The van der Waals surface area contributed by atoms with Crippen molar-refractivity contribution in [1.29, 1.82) is 0 Å². The van der Waals surface area contributed by atoms with Crippen LogP contribution in [-0.2, 0) is 11.2 Å². The Balaban J connectivity index is 1.46. The maximum Gasteiger partial charge on any atom is 0.338 e. The number of hydrogen-bond donors (Lipinski definition) is 0. The number of alkyl halides is 1. The molecule has 0 spiro atoms. The van der Waals surface area contributed by atoms with E-state index in [1.807, 2.05) is 54.6 Å². The summed E-state index contributed by atoms with van der Waals surface area (Å²) in [7, 11) is 1.42. The molecule has 0 aliphatic rings. The predicted molar refractivity (Wildman–Crippen MR) is 145 cm³/mol. The Morgan fingerprint density at radius 1 is 1.03 bits per heavy atom. The van der Waals surface area contributed by atoms with Crippen LogP contribution in [0.2, 0.25) is 5.02 Å². The molecule has 0 amide bonds. The summed E-state index contributed by atoms with van der Waals surface area (Å²) < 4.78 is 5.24. The molecule has 0 radical (unpaired) electrons. The molecule has 0 aliphatic carbocycles. The third-order valence-electron chi connectivity index (χ3n) is 5.48. The van der Waals surface area contributed by atoms with Crippen LogP contribution in [0.4, 0.5) is 0 Å². The van der Waals surface area contributed by atoms with E-state index in [2.05, 4.69) is 59.0 Å². The zero-order valence-electron chi connectivity index (χ0n) is 18.2. The van der Waals surface area contributed by atoms with E-state index < -0.39 is 0 Å². The summed E-state index contributed by atoms with van der Waals surface area (Å²) in [5.41, 5.74) is 5.82. The number of benzene rings is 3. The minimum absolute atomic E-state index is 0.285. The van der Waals surface area contributed by atoms with Gasteiger partial charge in [-0.05, 0) is 59.9 Å². The van der Waals surface area contributed by atoms with Gasteiger partial charge in [0, 0.05) is 14.3 Å². The van der Waals surface area contributed by atoms with E-state index in [1.54, 1.807) is 0 Å². The van der Waals surface area contributed by atoms with Crippen LogP contribution in [0.5, 0.6) is 0 Å². The number of aromatic nitrogens is 1. The van der Waals surface area contributed by atoms with Gasteiger partial charge in [0.05, 0.1) is 23.9 Å². The van der Waals surface area contributed by atoms with E-state index in [4.69, 9.17) is 21.3 Å². The van der Waals surface area contributed by atoms with Crippen molar-refractivity contribution >= 4 is 63.2 Å². The summed E-state index contributed by atoms with van der Waals surface area (Å²) in [4.78, 5) is 16.7. The summed E-state index contributed by atoms with van der Waals surface area (Å²) in [6.45, 7) is 0. The van der Waals surface area contributed by atoms with Crippen LogP contribution < -0.4 is 0 Å². The molecule has 0 bridgehead atoms. The van der Waals surface area contributed by atoms with Crippen molar-refractivity contribution in [2.75, 3.05) is 7.11 Å². The lowest BCUT2D eigenvalue weighted by atomic mass is 9.99. The molecule has 1 heterocycles. The molecule has 166 valence electrons. The van der Waals surface area contributed by atoms with E-state index in [-0.39, 0.29) is 5.97 Å². The quantitative estimate of drug-likeness (QED) is 0.129. The number of methoxy groups -OCH3 is 1. The van der Waals surface area contributed by atoms with Crippen LogP contribution in [0.1, 0.15) is 43.1 Å². The number of carbonyl (C=O) groups excluding carboxylic acids is 1. The minimum atomic E-state index is -0.285. The first-order valence-corrected chi connectivity index (χ1v) is 12.3. The Morgan fingerprint density at radius 2 is 1.85 bits per heavy atom. The van der Waals surface area contributed by atoms with Gasteiger partial charge in [-0.15, -0.1) is 0 Å². The first-order chi connectivity index (χ1) is 16.0. The molecular weight excluding hydrogens is 545 g/mol. The van der Waals surface area contributed by atoms with Crippen molar-refractivity contribution in [2.45, 2.75) is 16.8 Å². The molecule has 3 aromatic carbocycles. The Kier molecular flexibility index (Phi) is 7.78. The number of fused-ring (bicyclic) bond motifs is 1. The second-order valence-corrected chi connectivity index (χ2v) is 9.67. The third-order valence-corrected chi connectivity index (χ3v) is 7.06. The average molecular weight is 568 g/mol. The minimum Gasteiger partial charge on any atom is -0.465 e. The van der Waals surface area contributed by atoms with E-state index >= 15 is 0 Å². The number of pyridine rings is 1. The maximum atomic E-state index is 12.0. The lowest BCUT2D eigenvalue weighted by Crippen LogP contribution is -2.06. The topological polar surface area (TPSA) is 39.2 Å². The van der Waals surface area contributed by atoms with Gasteiger partial charge >= 0.3 is 5.97 Å². The van der Waals surface area contributed by atoms with Crippen molar-refractivity contribution in [3.05, 3.63) is 112 Å². The summed E-state index contributed by atoms with van der Waals surface area (Å²) in [6.07, 6.45) is 5.84. The molecule has 33 heavy (non-hydrogen) atoms. The van der Waals surface area contributed by atoms with Gasteiger partial charge in [-0.2, -0.15) is 0 Å². The van der Waals surface area contributed by atoms with E-state index in [1.165, 1.54) is 12.7 Å². The lowest BCUT2D eigenvalue weighted by molar-refractivity contribution is 0.0599. The predicted octanol–water partition coefficient (Wildman–Crippen LogP) is 7.95. The van der Waals surface area contributed by atoms with Gasteiger partial charge in [-0.1, -0.05) is 94.9 Å². The maximum absolute atomic E-state index is 12.0. The number of rotatable bonds is 7. The van der Waals surface area contributed by atoms with Crippen LogP contribution in [0, 0.1) is 0 Å². The first-order valence-electron chi connectivity index (χ1n) is 10.7. The molecule has 0 saturated carbocycles. The highest BCUT2D eigenvalue weighted by atomic mass is 127. The standard InChI is InChI=1S/C28H23ClINO2/c1-33-28(32)25-8-3-2-6-20(25)12-16-26(30)22-7-4-5-19(17-22)9-14-24-15-11-21-10-13-23(29)18-27(21)31-24/h2-11,13-15,17-18,26H,12,16H2,1H3/t26-/m0/s1. The van der Waals surface area contributed by atoms with E-state index in [9.17, 15) is 4.79 Å². The fraction of sp³-hybridized carbons (Fsp3) is 0.143. The van der Waals surface area contributed by atoms with Gasteiger partial charge in [0.15, 0.2) is 0 Å². The Hall–Kier alpha value is -2.70. The Bertz CT molecular complexity index is 1320. The van der Waals surface area contributed by atoms with Gasteiger partial charge in [0.1, 0.15) is 0 Å². The normalized spacial score (nSPS) is 12.2. The highest BCUT2D eigenvalue weighted by molar-refractivity contribution is 14.1. The van der Waals surface area contributed by atoms with Crippen LogP contribution in [0.3, 0.4) is 0 Å². The van der Waals surface area contributed by atoms with Crippen LogP contribution >= 0.6 is 34.2 Å². The van der Waals surface area contributed by atoms with Gasteiger partial charge in [-0.3, -0.25) is 0 Å². The van der Waals surface area contributed by atoms with E-state index in [0.29, 0.717) is 14.5 Å². The first kappa shape index (κ1) is 23.5. The molecule has 3 nitrogen and oxygen atoms in total. The molecular formula is C28H23ClINO2. The van der Waals surface area contributed by atoms with Crippen molar-refractivity contribution in [2.24, 2.45) is 0 Å². The molecule has 0 fully saturated rings. The number of aryl methyl sites for hydroxylation is 1. The summed E-state index contributed by atoms with van der Waals surface area (Å²) in [5.74, 6) is -0.285. The molecule has 0 saturated heterocycles. The number of ether oxygens (including phenoxy) is 1. The summed E-state index contributed by atoms with van der Waals surface area (Å²) in [5, 5.41) is 1.76. The van der Waals surface area contributed by atoms with Gasteiger partial charge in [-0.25, -0.2) is 9.78 Å². The zero-order chi connectivity index (χ0) is 23.2. The highest BCUT2D eigenvalue weighted by Crippen LogP contribution is 2.30. The van der Waals surface area contributed by atoms with Crippen LogP contribution in [0.15, 0.2) is 78.9 Å². The zero-order valence-corrected chi connectivity index (χ0v) is 21.1. The largest absolute Gasteiger partial charge is 0.465 e. The molecule has 0 N–H and O–H groups in total. The Morgan fingerprint density at radius 3 is 2.70 bits per heavy atom. The van der Waals surface area contributed by atoms with Crippen molar-refractivity contribution in [1.82, 2.24) is 4.98 Å². The van der Waals surface area contributed by atoms with Crippen LogP contribution in [-0.4, -0.2) is 18.1 Å². The van der Waals surface area contributed by atoms with Crippen molar-refractivity contribution in [3.8, 4) is 0 Å². The average Bonchev–Trinajstić information content (AvgIpc) is 2.85. The molecule has 0 unspecified atom stereocenters.